The van der Waals surface area contributed by atoms with E-state index < -0.39 is 29.7 Å². The molecule has 2 aromatic rings. The number of nitriles is 1. The highest BCUT2D eigenvalue weighted by Gasteiger charge is 2.35. The highest BCUT2D eigenvalue weighted by atomic mass is 32.2. The number of benzene rings is 1. The van der Waals surface area contributed by atoms with Gasteiger partial charge in [0, 0.05) is 20.3 Å². The van der Waals surface area contributed by atoms with Crippen molar-refractivity contribution in [2.75, 3.05) is 27.4 Å². The molecule has 1 fully saturated rings. The van der Waals surface area contributed by atoms with Crippen molar-refractivity contribution in [3.05, 3.63) is 61.8 Å². The van der Waals surface area contributed by atoms with Crippen LogP contribution in [0.15, 0.2) is 34.0 Å². The summed E-state index contributed by atoms with van der Waals surface area (Å²) < 4.78 is 11.3. The lowest BCUT2D eigenvalue weighted by molar-refractivity contribution is -0.121. The molecule has 1 aliphatic rings. The fraction of sp³-hybridized carbons (Fsp3) is 0.292. The van der Waals surface area contributed by atoms with Gasteiger partial charge in [0.2, 0.25) is 5.88 Å². The molecular weight excluding hydrogens is 490 g/mol. The molecule has 1 N–H and O–H groups in total. The summed E-state index contributed by atoms with van der Waals surface area (Å²) in [6.45, 7) is 1.35. The average Bonchev–Trinajstić information content (AvgIpc) is 3.09. The van der Waals surface area contributed by atoms with Crippen molar-refractivity contribution in [2.24, 2.45) is 0 Å². The average molecular weight is 514 g/mol. The van der Waals surface area contributed by atoms with E-state index in [0.717, 1.165) is 26.8 Å². The van der Waals surface area contributed by atoms with Crippen LogP contribution in [-0.4, -0.2) is 58.0 Å². The number of aromatic nitrogens is 1. The number of hydrogen-bond donors (Lipinski definition) is 1. The van der Waals surface area contributed by atoms with E-state index in [-0.39, 0.29) is 27.6 Å². The van der Waals surface area contributed by atoms with Gasteiger partial charge in [-0.25, -0.2) is 0 Å². The van der Waals surface area contributed by atoms with E-state index in [1.165, 1.54) is 14.0 Å². The molecule has 0 atom stereocenters. The molecule has 1 amide bonds. The maximum absolute atomic E-state index is 13.2. The number of nitrogens with zero attached hydrogens (tertiary/aromatic N) is 3. The van der Waals surface area contributed by atoms with Gasteiger partial charge in [-0.05, 0) is 42.7 Å². The third kappa shape index (κ3) is 5.45. The third-order valence-electron chi connectivity index (χ3n) is 5.40. The van der Waals surface area contributed by atoms with Gasteiger partial charge in [-0.15, -0.1) is 0 Å². The van der Waals surface area contributed by atoms with Crippen molar-refractivity contribution in [2.45, 2.75) is 19.9 Å². The van der Waals surface area contributed by atoms with Crippen molar-refractivity contribution in [3.8, 4) is 17.7 Å². The number of ketones is 1. The molecule has 0 unspecified atom stereocenters. The van der Waals surface area contributed by atoms with Crippen LogP contribution in [0.2, 0.25) is 0 Å². The first-order valence-electron chi connectivity index (χ1n) is 10.5. The van der Waals surface area contributed by atoms with Crippen LogP contribution in [0.1, 0.15) is 33.5 Å². The summed E-state index contributed by atoms with van der Waals surface area (Å²) in [7, 11) is 3.06. The number of ether oxygens (including phenoxy) is 2. The molecular formula is C24H23N3O6S2. The molecule has 0 aliphatic carbocycles. The first kappa shape index (κ1) is 26.2. The van der Waals surface area contributed by atoms with Gasteiger partial charge in [-0.1, -0.05) is 36.1 Å². The minimum atomic E-state index is -0.691. The molecule has 11 heteroatoms. The summed E-state index contributed by atoms with van der Waals surface area (Å²) in [4.78, 5) is 40.3. The first-order valence-corrected chi connectivity index (χ1v) is 11.7. The van der Waals surface area contributed by atoms with Crippen LogP contribution < -0.4 is 10.3 Å². The molecule has 3 rings (SSSR count). The number of thioether (sulfide) groups is 1. The number of thiocarbonyl (C=S) groups is 1. The first-order chi connectivity index (χ1) is 16.7. The Balaban J connectivity index is 1.90. The Morgan fingerprint density at radius 3 is 2.54 bits per heavy atom. The second-order valence-corrected chi connectivity index (χ2v) is 9.25. The molecule has 0 spiro atoms. The molecule has 0 bridgehead atoms. The summed E-state index contributed by atoms with van der Waals surface area (Å²) >= 11 is 6.38. The summed E-state index contributed by atoms with van der Waals surface area (Å²) in [6, 6.07) is 8.91. The van der Waals surface area contributed by atoms with Gasteiger partial charge in [-0.3, -0.25) is 23.9 Å². The van der Waals surface area contributed by atoms with Gasteiger partial charge in [-0.2, -0.15) is 5.26 Å². The summed E-state index contributed by atoms with van der Waals surface area (Å²) in [5, 5.41) is 20.2. The topological polar surface area (TPSA) is 122 Å². The predicted octanol–water partition coefficient (Wildman–Crippen LogP) is 2.86. The van der Waals surface area contributed by atoms with Gasteiger partial charge in [0.25, 0.3) is 11.5 Å². The third-order valence-corrected chi connectivity index (χ3v) is 6.78. The second-order valence-electron chi connectivity index (χ2n) is 7.58. The predicted molar refractivity (Wildman–Crippen MR) is 136 cm³/mol. The Hall–Kier alpha value is -3.46. The lowest BCUT2D eigenvalue weighted by Gasteiger charge is -2.18. The van der Waals surface area contributed by atoms with Crippen molar-refractivity contribution in [1.82, 2.24) is 9.47 Å². The maximum Gasteiger partial charge on any atom is 0.271 e. The van der Waals surface area contributed by atoms with E-state index >= 15 is 0 Å². The fourth-order valence-electron chi connectivity index (χ4n) is 3.57. The van der Waals surface area contributed by atoms with E-state index in [1.807, 2.05) is 6.07 Å². The van der Waals surface area contributed by atoms with Crippen LogP contribution in [0.3, 0.4) is 0 Å². The maximum atomic E-state index is 13.2. The summed E-state index contributed by atoms with van der Waals surface area (Å²) in [5.74, 6) is -0.961. The molecule has 182 valence electrons. The zero-order chi connectivity index (χ0) is 25.7. The van der Waals surface area contributed by atoms with Crippen LogP contribution in [-0.2, 0) is 16.1 Å². The zero-order valence-corrected chi connectivity index (χ0v) is 21.0. The Morgan fingerprint density at radius 1 is 1.26 bits per heavy atom. The number of carbonyl (C=O) groups is 2. The van der Waals surface area contributed by atoms with Gasteiger partial charge in [0.15, 0.2) is 5.78 Å². The number of Topliss-reactive ketones (excluding diaryl/α,β-unsaturated/α-hetero) is 1. The molecule has 1 aliphatic heterocycles. The second kappa shape index (κ2) is 11.3. The van der Waals surface area contributed by atoms with Crippen LogP contribution in [0, 0.1) is 18.3 Å². The van der Waals surface area contributed by atoms with Crippen molar-refractivity contribution in [1.29, 1.82) is 5.26 Å². The monoisotopic (exact) mass is 513 g/mol. The van der Waals surface area contributed by atoms with E-state index in [4.69, 9.17) is 21.7 Å². The highest BCUT2D eigenvalue weighted by Crippen LogP contribution is 2.33. The van der Waals surface area contributed by atoms with Crippen molar-refractivity contribution < 1.29 is 24.2 Å². The van der Waals surface area contributed by atoms with E-state index in [0.29, 0.717) is 23.7 Å². The SMILES string of the molecule is COCCCn1c(O)c(C(=O)CN2C(=O)/C(=C/c3ccc(OC)cc3)SC2=S)c(C)c(C#N)c1=O. The number of methoxy groups -OCH3 is 2. The Bertz CT molecular complexity index is 1310. The van der Waals surface area contributed by atoms with Crippen LogP contribution in [0.25, 0.3) is 6.08 Å². The number of carbonyl (C=O) groups excluding carboxylic acids is 2. The van der Waals surface area contributed by atoms with Gasteiger partial charge < -0.3 is 14.6 Å². The Labute approximate surface area is 211 Å². The van der Waals surface area contributed by atoms with Crippen LogP contribution in [0.4, 0.5) is 0 Å². The quantitative estimate of drug-likeness (QED) is 0.233. The van der Waals surface area contributed by atoms with E-state index in [2.05, 4.69) is 0 Å². The summed E-state index contributed by atoms with van der Waals surface area (Å²) in [5.41, 5.74) is -0.307. The van der Waals surface area contributed by atoms with Gasteiger partial charge in [0.05, 0.1) is 24.1 Å². The van der Waals surface area contributed by atoms with Gasteiger partial charge >= 0.3 is 0 Å². The number of amides is 1. The molecule has 1 saturated heterocycles. The van der Waals surface area contributed by atoms with Crippen LogP contribution in [0.5, 0.6) is 11.6 Å². The summed E-state index contributed by atoms with van der Waals surface area (Å²) in [6.07, 6.45) is 2.05. The molecule has 2 heterocycles. The van der Waals surface area contributed by atoms with Gasteiger partial charge in [0.1, 0.15) is 21.7 Å². The largest absolute Gasteiger partial charge is 0.497 e. The molecule has 1 aromatic carbocycles. The van der Waals surface area contributed by atoms with E-state index in [9.17, 15) is 24.8 Å². The van der Waals surface area contributed by atoms with Crippen LogP contribution >= 0.6 is 24.0 Å². The fourth-order valence-corrected chi connectivity index (χ4v) is 4.82. The molecule has 1 aromatic heterocycles. The normalized spacial score (nSPS) is 14.5. The molecule has 35 heavy (non-hydrogen) atoms. The highest BCUT2D eigenvalue weighted by molar-refractivity contribution is 8.26. The lowest BCUT2D eigenvalue weighted by atomic mass is 10.0. The Kier molecular flexibility index (Phi) is 8.45. The minimum absolute atomic E-state index is 0.0550. The Morgan fingerprint density at radius 2 is 1.94 bits per heavy atom. The number of pyridine rings is 1. The molecule has 9 nitrogen and oxygen atoms in total. The van der Waals surface area contributed by atoms with Crippen molar-refractivity contribution >= 4 is 46.1 Å². The number of rotatable bonds is 9. The standard InChI is InChI=1S/C24H23N3O6S2/c1-14-17(12-25)21(29)26(9-4-10-32-2)23(31)20(14)18(28)13-27-22(30)19(35-24(27)34)11-15-5-7-16(33-3)8-6-15/h5-8,11,31H,4,9-10,13H2,1-3H3/b19-11-. The van der Waals surface area contributed by atoms with E-state index in [1.54, 1.807) is 37.5 Å². The smallest absolute Gasteiger partial charge is 0.271 e. The minimum Gasteiger partial charge on any atom is -0.497 e. The van der Waals surface area contributed by atoms with Crippen molar-refractivity contribution in [3.63, 3.8) is 0 Å². The number of aromatic hydroxyl groups is 1. The molecule has 0 radical (unpaired) electrons. The number of hydrogen-bond acceptors (Lipinski definition) is 9. The molecule has 0 saturated carbocycles. The lowest BCUT2D eigenvalue weighted by Crippen LogP contribution is -2.35. The zero-order valence-electron chi connectivity index (χ0n) is 19.4.